The van der Waals surface area contributed by atoms with Crippen molar-refractivity contribution >= 4 is 17.3 Å². The molecule has 0 amide bonds. The van der Waals surface area contributed by atoms with Crippen LogP contribution in [0.4, 0.5) is 11.4 Å². The number of nitrogens with two attached hydrogens (primary N) is 2. The summed E-state index contributed by atoms with van der Waals surface area (Å²) in [6, 6.07) is 6.55. The van der Waals surface area contributed by atoms with Crippen molar-refractivity contribution in [3.63, 3.8) is 0 Å². The van der Waals surface area contributed by atoms with Gasteiger partial charge in [-0.25, -0.2) is 10.1 Å². The van der Waals surface area contributed by atoms with Crippen LogP contribution in [0.2, 0.25) is 0 Å². The Balaban J connectivity index is 2.69. The largest absolute Gasteiger partial charge is 0.399 e. The highest BCUT2D eigenvalue weighted by atomic mass is 16.7. The van der Waals surface area contributed by atoms with Gasteiger partial charge < -0.3 is 16.8 Å². The number of guanidine groups is 1. The number of hydrazone groups is 1. The second-order valence-corrected chi connectivity index (χ2v) is 2.47. The van der Waals surface area contributed by atoms with Gasteiger partial charge in [-0.05, 0) is 24.3 Å². The molecule has 5 N–H and O–H groups in total. The van der Waals surface area contributed by atoms with E-state index in [0.717, 1.165) is 0 Å². The zero-order chi connectivity index (χ0) is 10.6. The number of nitro groups is 1. The first-order valence-electron chi connectivity index (χ1n) is 3.69. The third-order valence-electron chi connectivity index (χ3n) is 1.37. The molecule has 0 bridgehead atoms. The first kappa shape index (κ1) is 9.78. The summed E-state index contributed by atoms with van der Waals surface area (Å²) in [7, 11) is 0. The molecule has 1 rings (SSSR count). The fourth-order valence-corrected chi connectivity index (χ4v) is 0.827. The fourth-order valence-electron chi connectivity index (χ4n) is 0.827. The zero-order valence-corrected chi connectivity index (χ0v) is 7.18. The van der Waals surface area contributed by atoms with E-state index in [2.05, 4.69) is 10.4 Å². The first-order chi connectivity index (χ1) is 6.58. The molecule has 0 aliphatic heterocycles. The summed E-state index contributed by atoms with van der Waals surface area (Å²) < 4.78 is 0. The predicted molar refractivity (Wildman–Crippen MR) is 53.1 cm³/mol. The second-order valence-electron chi connectivity index (χ2n) is 2.47. The van der Waals surface area contributed by atoms with Crippen molar-refractivity contribution in [2.45, 2.75) is 0 Å². The van der Waals surface area contributed by atoms with E-state index in [1.807, 2.05) is 0 Å². The molecule has 0 unspecified atom stereocenters. The average Bonchev–Trinajstić information content (AvgIpc) is 2.07. The molecule has 0 aliphatic carbocycles. The van der Waals surface area contributed by atoms with E-state index in [9.17, 15) is 10.1 Å². The van der Waals surface area contributed by atoms with E-state index < -0.39 is 5.03 Å². The van der Waals surface area contributed by atoms with Crippen LogP contribution in [-0.4, -0.2) is 11.0 Å². The number of hydrogen-bond donors (Lipinski definition) is 3. The molecule has 0 aromatic heterocycles. The highest BCUT2D eigenvalue weighted by molar-refractivity contribution is 5.91. The van der Waals surface area contributed by atoms with Crippen LogP contribution in [0.1, 0.15) is 0 Å². The third-order valence-corrected chi connectivity index (χ3v) is 1.37. The van der Waals surface area contributed by atoms with E-state index in [1.165, 1.54) is 0 Å². The molecule has 14 heavy (non-hydrogen) atoms. The molecule has 0 aliphatic rings. The van der Waals surface area contributed by atoms with E-state index in [0.29, 0.717) is 11.4 Å². The van der Waals surface area contributed by atoms with Gasteiger partial charge in [0.25, 0.3) is 5.96 Å². The van der Waals surface area contributed by atoms with Crippen LogP contribution >= 0.6 is 0 Å². The number of nitrogen functional groups attached to an aromatic ring is 1. The van der Waals surface area contributed by atoms with Gasteiger partial charge in [0.1, 0.15) is 5.10 Å². The molecule has 0 spiro atoms. The van der Waals surface area contributed by atoms with Crippen LogP contribution in [0.15, 0.2) is 29.4 Å². The maximum atomic E-state index is 9.93. The van der Waals surface area contributed by atoms with Crippen LogP contribution in [0.25, 0.3) is 0 Å². The number of nitrogens with one attached hydrogen (secondary N) is 1. The first-order valence-corrected chi connectivity index (χ1v) is 3.69. The number of nitrogens with zero attached hydrogens (tertiary/aromatic N) is 2. The zero-order valence-electron chi connectivity index (χ0n) is 7.18. The van der Waals surface area contributed by atoms with Crippen molar-refractivity contribution < 1.29 is 5.03 Å². The average molecular weight is 195 g/mol. The van der Waals surface area contributed by atoms with Gasteiger partial charge in [-0.1, -0.05) is 0 Å². The lowest BCUT2D eigenvalue weighted by Crippen LogP contribution is -2.23. The van der Waals surface area contributed by atoms with Crippen molar-refractivity contribution in [2.75, 3.05) is 11.1 Å². The molecule has 0 heterocycles. The number of anilines is 2. The Morgan fingerprint density at radius 1 is 1.43 bits per heavy atom. The topological polar surface area (TPSA) is 120 Å². The van der Waals surface area contributed by atoms with Gasteiger partial charge in [0, 0.05) is 11.4 Å². The van der Waals surface area contributed by atoms with Crippen LogP contribution in [0.3, 0.4) is 0 Å². The van der Waals surface area contributed by atoms with Gasteiger partial charge >= 0.3 is 0 Å². The third kappa shape index (κ3) is 2.97. The highest BCUT2D eigenvalue weighted by Gasteiger charge is 1.99. The summed E-state index contributed by atoms with van der Waals surface area (Å²) in [5.74, 6) is -0.278. The van der Waals surface area contributed by atoms with Gasteiger partial charge in [0.05, 0.1) is 0 Å². The lowest BCUT2D eigenvalue weighted by atomic mass is 10.3. The molecule has 74 valence electrons. The Labute approximate surface area is 79.5 Å². The van der Waals surface area contributed by atoms with Gasteiger partial charge in [-0.15, -0.1) is 0 Å². The molecule has 0 fully saturated rings. The Hall–Kier alpha value is -2.31. The quantitative estimate of drug-likeness (QED) is 0.204. The standard InChI is InChI=1S/C7H9N5O2/c8-5-1-3-6(4-2-5)10-7(9)11-12(13)14/h1-4H,8H2,(H3,9,10,11). The van der Waals surface area contributed by atoms with E-state index >= 15 is 0 Å². The molecular formula is C7H9N5O2. The molecular weight excluding hydrogens is 186 g/mol. The monoisotopic (exact) mass is 195 g/mol. The van der Waals surface area contributed by atoms with Gasteiger partial charge in [0.15, 0.2) is 5.03 Å². The summed E-state index contributed by atoms with van der Waals surface area (Å²) in [4.78, 5) is 9.93. The maximum absolute atomic E-state index is 9.93. The summed E-state index contributed by atoms with van der Waals surface area (Å²) in [5, 5.41) is 14.5. The van der Waals surface area contributed by atoms with Crippen molar-refractivity contribution in [1.29, 1.82) is 0 Å². The Kier molecular flexibility index (Phi) is 2.85. The lowest BCUT2D eigenvalue weighted by Gasteiger charge is -2.02. The minimum atomic E-state index is -0.875. The van der Waals surface area contributed by atoms with Crippen molar-refractivity contribution in [3.05, 3.63) is 34.4 Å². The fraction of sp³-hybridized carbons (Fsp3) is 0. The number of rotatable bonds is 2. The lowest BCUT2D eigenvalue weighted by molar-refractivity contribution is -0.485. The summed E-state index contributed by atoms with van der Waals surface area (Å²) in [5.41, 5.74) is 11.8. The van der Waals surface area contributed by atoms with Gasteiger partial charge in [-0.2, -0.15) is 0 Å². The Morgan fingerprint density at radius 3 is 2.50 bits per heavy atom. The summed E-state index contributed by atoms with van der Waals surface area (Å²) >= 11 is 0. The van der Waals surface area contributed by atoms with E-state index in [1.54, 1.807) is 24.3 Å². The van der Waals surface area contributed by atoms with Crippen LogP contribution < -0.4 is 16.8 Å². The van der Waals surface area contributed by atoms with E-state index in [4.69, 9.17) is 11.5 Å². The predicted octanol–water partition coefficient (Wildman–Crippen LogP) is 0.187. The van der Waals surface area contributed by atoms with Crippen LogP contribution in [0, 0.1) is 10.1 Å². The highest BCUT2D eigenvalue weighted by Crippen LogP contribution is 2.09. The van der Waals surface area contributed by atoms with Crippen LogP contribution in [0.5, 0.6) is 0 Å². The normalized spacial score (nSPS) is 11.0. The van der Waals surface area contributed by atoms with Crippen LogP contribution in [-0.2, 0) is 0 Å². The Morgan fingerprint density at radius 2 is 2.00 bits per heavy atom. The van der Waals surface area contributed by atoms with Gasteiger partial charge in [-0.3, -0.25) is 0 Å². The SMILES string of the molecule is NC(=N[N+](=O)[O-])Nc1ccc(N)cc1. The second kappa shape index (κ2) is 4.08. The molecule has 0 atom stereocenters. The Bertz CT molecular complexity index is 359. The summed E-state index contributed by atoms with van der Waals surface area (Å²) in [6.07, 6.45) is 0. The molecule has 0 saturated heterocycles. The molecule has 1 aromatic carbocycles. The maximum Gasteiger partial charge on any atom is 0.270 e. The molecule has 1 aromatic rings. The van der Waals surface area contributed by atoms with Crippen molar-refractivity contribution in [2.24, 2.45) is 10.8 Å². The number of benzene rings is 1. The minimum Gasteiger partial charge on any atom is -0.399 e. The minimum absolute atomic E-state index is 0.278. The van der Waals surface area contributed by atoms with Gasteiger partial charge in [0.2, 0.25) is 0 Å². The van der Waals surface area contributed by atoms with Crippen molar-refractivity contribution in [1.82, 2.24) is 0 Å². The van der Waals surface area contributed by atoms with Crippen molar-refractivity contribution in [3.8, 4) is 0 Å². The summed E-state index contributed by atoms with van der Waals surface area (Å²) in [6.45, 7) is 0. The molecule has 0 saturated carbocycles. The molecule has 7 heteroatoms. The molecule has 0 radical (unpaired) electrons. The van der Waals surface area contributed by atoms with E-state index in [-0.39, 0.29) is 5.96 Å². The number of hydrogen-bond acceptors (Lipinski definition) is 3. The molecule has 7 nitrogen and oxygen atoms in total. The smallest absolute Gasteiger partial charge is 0.270 e.